The topological polar surface area (TPSA) is 72.6 Å². The zero-order valence-electron chi connectivity index (χ0n) is 11.3. The minimum Gasteiger partial charge on any atom is -0.398 e. The van der Waals surface area contributed by atoms with Gasteiger partial charge in [0.25, 0.3) is 0 Å². The predicted octanol–water partition coefficient (Wildman–Crippen LogP) is 1.23. The molecule has 1 aliphatic heterocycles. The predicted molar refractivity (Wildman–Crippen MR) is 74.3 cm³/mol. The number of nitrogens with two attached hydrogens (primary N) is 1. The molecule has 0 aliphatic carbocycles. The second-order valence-corrected chi connectivity index (χ2v) is 6.93. The number of sulfonamides is 1. The van der Waals surface area contributed by atoms with Gasteiger partial charge in [-0.2, -0.15) is 4.31 Å². The van der Waals surface area contributed by atoms with Crippen LogP contribution in [0.25, 0.3) is 0 Å². The highest BCUT2D eigenvalue weighted by Crippen LogP contribution is 2.26. The second-order valence-electron chi connectivity index (χ2n) is 4.99. The lowest BCUT2D eigenvalue weighted by molar-refractivity contribution is 0.157. The average molecular weight is 284 g/mol. The van der Waals surface area contributed by atoms with Gasteiger partial charge in [0.05, 0.1) is 11.5 Å². The molecule has 2 rings (SSSR count). The van der Waals surface area contributed by atoms with Gasteiger partial charge in [0, 0.05) is 25.9 Å². The maximum absolute atomic E-state index is 12.5. The van der Waals surface area contributed by atoms with Crippen molar-refractivity contribution in [2.75, 3.05) is 32.5 Å². The minimum atomic E-state index is -3.43. The normalized spacial score (nSPS) is 20.8. The Morgan fingerprint density at radius 3 is 2.84 bits per heavy atom. The molecule has 0 bridgehead atoms. The van der Waals surface area contributed by atoms with Crippen LogP contribution in [0.3, 0.4) is 0 Å². The third kappa shape index (κ3) is 2.91. The summed E-state index contributed by atoms with van der Waals surface area (Å²) in [7, 11) is -1.79. The molecule has 1 saturated heterocycles. The quantitative estimate of drug-likeness (QED) is 0.844. The lowest BCUT2D eigenvalue weighted by Gasteiger charge is -2.17. The van der Waals surface area contributed by atoms with Gasteiger partial charge >= 0.3 is 0 Å². The number of anilines is 1. The van der Waals surface area contributed by atoms with E-state index in [2.05, 4.69) is 0 Å². The fourth-order valence-corrected chi connectivity index (χ4v) is 3.88. The molecule has 2 N–H and O–H groups in total. The zero-order chi connectivity index (χ0) is 14.0. The van der Waals surface area contributed by atoms with Crippen molar-refractivity contribution in [3.8, 4) is 0 Å². The van der Waals surface area contributed by atoms with E-state index >= 15 is 0 Å². The number of aryl methyl sites for hydroxylation is 1. The molecule has 5 nitrogen and oxygen atoms in total. The molecule has 1 fully saturated rings. The molecule has 0 saturated carbocycles. The van der Waals surface area contributed by atoms with Gasteiger partial charge in [-0.1, -0.05) is 6.07 Å². The molecule has 0 aromatic heterocycles. The van der Waals surface area contributed by atoms with E-state index in [-0.39, 0.29) is 10.8 Å². The van der Waals surface area contributed by atoms with Crippen LogP contribution in [0, 0.1) is 12.8 Å². The standard InChI is InChI=1S/C13H20N2O3S/c1-10-3-4-12(7-13(10)14)19(16,17)15-6-5-11(8-15)9-18-2/h3-4,7,11H,5-6,8-9,14H2,1-2H3. The van der Waals surface area contributed by atoms with E-state index in [1.807, 2.05) is 6.92 Å². The van der Waals surface area contributed by atoms with E-state index in [4.69, 9.17) is 10.5 Å². The lowest BCUT2D eigenvalue weighted by Crippen LogP contribution is -2.29. The Labute approximate surface area is 114 Å². The number of nitrogen functional groups attached to an aromatic ring is 1. The second kappa shape index (κ2) is 5.48. The van der Waals surface area contributed by atoms with Gasteiger partial charge in [-0.3, -0.25) is 0 Å². The molecule has 1 heterocycles. The summed E-state index contributed by atoms with van der Waals surface area (Å²) in [4.78, 5) is 0.272. The van der Waals surface area contributed by atoms with E-state index in [1.165, 1.54) is 10.4 Å². The van der Waals surface area contributed by atoms with Gasteiger partial charge in [-0.15, -0.1) is 0 Å². The third-order valence-corrected chi connectivity index (χ3v) is 5.40. The van der Waals surface area contributed by atoms with E-state index in [0.29, 0.717) is 25.4 Å². The van der Waals surface area contributed by atoms with E-state index in [0.717, 1.165) is 12.0 Å². The zero-order valence-corrected chi connectivity index (χ0v) is 12.1. The highest BCUT2D eigenvalue weighted by atomic mass is 32.2. The Hall–Kier alpha value is -1.11. The number of rotatable bonds is 4. The number of nitrogens with zero attached hydrogens (tertiary/aromatic N) is 1. The Bertz CT molecular complexity index is 557. The first-order chi connectivity index (χ1) is 8.95. The SMILES string of the molecule is COCC1CCN(S(=O)(=O)c2ccc(C)c(N)c2)C1. The van der Waals surface area contributed by atoms with Crippen molar-refractivity contribution < 1.29 is 13.2 Å². The molecule has 1 atom stereocenters. The Balaban J connectivity index is 2.21. The Kier molecular flexibility index (Phi) is 4.13. The summed E-state index contributed by atoms with van der Waals surface area (Å²) in [5, 5.41) is 0. The molecule has 1 aromatic carbocycles. The maximum Gasteiger partial charge on any atom is 0.243 e. The molecule has 0 radical (unpaired) electrons. The van der Waals surface area contributed by atoms with Crippen LogP contribution < -0.4 is 5.73 Å². The monoisotopic (exact) mass is 284 g/mol. The first-order valence-electron chi connectivity index (χ1n) is 6.30. The Morgan fingerprint density at radius 2 is 2.21 bits per heavy atom. The first kappa shape index (κ1) is 14.3. The molecule has 1 unspecified atom stereocenters. The fourth-order valence-electron chi connectivity index (χ4n) is 2.32. The number of ether oxygens (including phenoxy) is 1. The minimum absolute atomic E-state index is 0.272. The smallest absolute Gasteiger partial charge is 0.243 e. The first-order valence-corrected chi connectivity index (χ1v) is 7.74. The lowest BCUT2D eigenvalue weighted by atomic mass is 10.1. The summed E-state index contributed by atoms with van der Waals surface area (Å²) in [6.45, 7) is 3.52. The fraction of sp³-hybridized carbons (Fsp3) is 0.538. The van der Waals surface area contributed by atoms with Crippen LogP contribution in [0.2, 0.25) is 0 Å². The van der Waals surface area contributed by atoms with Crippen molar-refractivity contribution in [1.82, 2.24) is 4.31 Å². The van der Waals surface area contributed by atoms with Crippen LogP contribution in [0.5, 0.6) is 0 Å². The summed E-state index contributed by atoms with van der Waals surface area (Å²) < 4.78 is 31.6. The van der Waals surface area contributed by atoms with Crippen LogP contribution >= 0.6 is 0 Å². The summed E-state index contributed by atoms with van der Waals surface area (Å²) in [6.07, 6.45) is 0.842. The number of hydrogen-bond donors (Lipinski definition) is 1. The molecular weight excluding hydrogens is 264 g/mol. The molecular formula is C13H20N2O3S. The maximum atomic E-state index is 12.5. The van der Waals surface area contributed by atoms with Crippen LogP contribution in [-0.2, 0) is 14.8 Å². The molecule has 106 valence electrons. The molecule has 1 aliphatic rings. The molecule has 6 heteroatoms. The van der Waals surface area contributed by atoms with Gasteiger partial charge in [-0.25, -0.2) is 8.42 Å². The summed E-state index contributed by atoms with van der Waals surface area (Å²) in [6, 6.07) is 4.89. The van der Waals surface area contributed by atoms with E-state index in [1.54, 1.807) is 19.2 Å². The Morgan fingerprint density at radius 1 is 1.47 bits per heavy atom. The summed E-state index contributed by atoms with van der Waals surface area (Å²) in [5.74, 6) is 0.280. The molecule has 1 aromatic rings. The van der Waals surface area contributed by atoms with Crippen molar-refractivity contribution in [3.05, 3.63) is 23.8 Å². The molecule has 0 amide bonds. The van der Waals surface area contributed by atoms with Crippen LogP contribution in [0.4, 0.5) is 5.69 Å². The van der Waals surface area contributed by atoms with E-state index < -0.39 is 10.0 Å². The average Bonchev–Trinajstić information content (AvgIpc) is 2.82. The van der Waals surface area contributed by atoms with Crippen molar-refractivity contribution in [2.45, 2.75) is 18.2 Å². The highest BCUT2D eigenvalue weighted by molar-refractivity contribution is 7.89. The van der Waals surface area contributed by atoms with Gasteiger partial charge < -0.3 is 10.5 Å². The van der Waals surface area contributed by atoms with Crippen molar-refractivity contribution in [1.29, 1.82) is 0 Å². The van der Waals surface area contributed by atoms with Crippen LogP contribution in [0.1, 0.15) is 12.0 Å². The molecule has 0 spiro atoms. The largest absolute Gasteiger partial charge is 0.398 e. The third-order valence-electron chi connectivity index (χ3n) is 3.54. The van der Waals surface area contributed by atoms with Crippen molar-refractivity contribution in [3.63, 3.8) is 0 Å². The summed E-state index contributed by atoms with van der Waals surface area (Å²) >= 11 is 0. The van der Waals surface area contributed by atoms with Gasteiger partial charge in [0.15, 0.2) is 0 Å². The molecule has 19 heavy (non-hydrogen) atoms. The summed E-state index contributed by atoms with van der Waals surface area (Å²) in [5.41, 5.74) is 7.18. The number of methoxy groups -OCH3 is 1. The van der Waals surface area contributed by atoms with Crippen molar-refractivity contribution in [2.24, 2.45) is 5.92 Å². The van der Waals surface area contributed by atoms with Crippen molar-refractivity contribution >= 4 is 15.7 Å². The number of benzene rings is 1. The van der Waals surface area contributed by atoms with Gasteiger partial charge in [0.1, 0.15) is 0 Å². The van der Waals surface area contributed by atoms with Crippen LogP contribution in [0.15, 0.2) is 23.1 Å². The number of hydrogen-bond acceptors (Lipinski definition) is 4. The van der Waals surface area contributed by atoms with Gasteiger partial charge in [-0.05, 0) is 37.0 Å². The van der Waals surface area contributed by atoms with Crippen LogP contribution in [-0.4, -0.2) is 39.5 Å². The van der Waals surface area contributed by atoms with E-state index in [9.17, 15) is 8.42 Å². The highest BCUT2D eigenvalue weighted by Gasteiger charge is 2.32. The van der Waals surface area contributed by atoms with Gasteiger partial charge in [0.2, 0.25) is 10.0 Å².